The number of aryl methyl sites for hydroxylation is 1. The summed E-state index contributed by atoms with van der Waals surface area (Å²) in [6.45, 7) is 4.08. The molecule has 0 saturated carbocycles. The summed E-state index contributed by atoms with van der Waals surface area (Å²) in [7, 11) is 0. The van der Waals surface area contributed by atoms with E-state index in [-0.39, 0.29) is 23.7 Å². The fraction of sp³-hybridized carbons (Fsp3) is 0.300. The van der Waals surface area contributed by atoms with E-state index in [1.807, 2.05) is 56.3 Å². The number of nitrogens with zero attached hydrogens (tertiary/aromatic N) is 4. The normalized spacial score (nSPS) is 23.0. The quantitative estimate of drug-likeness (QED) is 0.263. The van der Waals surface area contributed by atoms with E-state index >= 15 is 0 Å². The van der Waals surface area contributed by atoms with Crippen LogP contribution in [-0.2, 0) is 14.2 Å². The highest BCUT2D eigenvalue weighted by molar-refractivity contribution is 5.95. The van der Waals surface area contributed by atoms with E-state index in [4.69, 9.17) is 18.9 Å². The zero-order valence-electron chi connectivity index (χ0n) is 23.4. The fourth-order valence-electron chi connectivity index (χ4n) is 5.11. The van der Waals surface area contributed by atoms with E-state index in [1.165, 1.54) is 6.33 Å². The highest BCUT2D eigenvalue weighted by Crippen LogP contribution is 2.41. The standard InChI is InChI=1S/C30H30N6O7/c1-3-31-30(39)35-26-23-27(33-15-32-26)36(16-34-23)28-25-24(42-22(43-25)12-10-18-7-5-4-6-8-18)21(41-28)14-40-20-11-9-17(2)13-19(20)29(37)38/h4-13,15-16,21-22,24-25,28H,3,14H2,1-2H3,(H,37,38)(H2,31,32,33,35,39)/b12-10+/t21?,22-,24?,25?,28?/m0/s1. The summed E-state index contributed by atoms with van der Waals surface area (Å²) >= 11 is 0. The molecule has 4 heterocycles. The maximum atomic E-state index is 12.1. The van der Waals surface area contributed by atoms with Gasteiger partial charge in [0, 0.05) is 6.54 Å². The monoisotopic (exact) mass is 586 g/mol. The van der Waals surface area contributed by atoms with Crippen LogP contribution in [0.5, 0.6) is 5.75 Å². The SMILES string of the molecule is CCNC(=O)Nc1ncnc2c1ncn2C1OC(COc2ccc(C)cc2C(=O)O)C2O[C@H](/C=C/c3ccccc3)OC21. The Morgan fingerprint density at radius 3 is 2.67 bits per heavy atom. The predicted octanol–water partition coefficient (Wildman–Crippen LogP) is 3.77. The van der Waals surface area contributed by atoms with E-state index < -0.39 is 42.8 Å². The molecule has 43 heavy (non-hydrogen) atoms. The van der Waals surface area contributed by atoms with Crippen molar-refractivity contribution in [1.29, 1.82) is 0 Å². The summed E-state index contributed by atoms with van der Waals surface area (Å²) < 4.78 is 26.7. The molecule has 2 aliphatic heterocycles. The van der Waals surface area contributed by atoms with Crippen molar-refractivity contribution in [3.05, 3.63) is 84.0 Å². The Morgan fingerprint density at radius 2 is 1.88 bits per heavy atom. The molecule has 222 valence electrons. The van der Waals surface area contributed by atoms with Crippen LogP contribution in [0, 0.1) is 6.92 Å². The van der Waals surface area contributed by atoms with Crippen LogP contribution in [0.25, 0.3) is 17.2 Å². The zero-order valence-corrected chi connectivity index (χ0v) is 23.4. The summed E-state index contributed by atoms with van der Waals surface area (Å²) in [4.78, 5) is 37.0. The van der Waals surface area contributed by atoms with Crippen LogP contribution >= 0.6 is 0 Å². The number of benzene rings is 2. The highest BCUT2D eigenvalue weighted by Gasteiger charge is 2.53. The van der Waals surface area contributed by atoms with Crippen LogP contribution in [0.1, 0.15) is 34.6 Å². The van der Waals surface area contributed by atoms with Gasteiger partial charge in [0.1, 0.15) is 42.6 Å². The van der Waals surface area contributed by atoms with E-state index in [2.05, 4.69) is 25.6 Å². The van der Waals surface area contributed by atoms with Crippen LogP contribution in [0.3, 0.4) is 0 Å². The number of hydrogen-bond donors (Lipinski definition) is 3. The minimum Gasteiger partial charge on any atom is -0.490 e. The van der Waals surface area contributed by atoms with Crippen molar-refractivity contribution in [3.63, 3.8) is 0 Å². The molecule has 2 aromatic carbocycles. The van der Waals surface area contributed by atoms with Crippen LogP contribution in [0.2, 0.25) is 0 Å². The molecule has 2 fully saturated rings. The molecule has 2 aromatic heterocycles. The van der Waals surface area contributed by atoms with Crippen LogP contribution < -0.4 is 15.4 Å². The molecule has 5 atom stereocenters. The second-order valence-electron chi connectivity index (χ2n) is 10.1. The van der Waals surface area contributed by atoms with Crippen molar-refractivity contribution in [1.82, 2.24) is 24.8 Å². The molecule has 2 saturated heterocycles. The minimum atomic E-state index is -1.09. The van der Waals surface area contributed by atoms with E-state index in [0.717, 1.165) is 11.1 Å². The second kappa shape index (κ2) is 12.2. The number of carboxylic acids is 1. The van der Waals surface area contributed by atoms with Gasteiger partial charge in [0.15, 0.2) is 29.5 Å². The van der Waals surface area contributed by atoms with E-state index in [1.54, 1.807) is 29.1 Å². The molecule has 13 heteroatoms. The smallest absolute Gasteiger partial charge is 0.339 e. The number of nitrogens with one attached hydrogen (secondary N) is 2. The third kappa shape index (κ3) is 5.91. The summed E-state index contributed by atoms with van der Waals surface area (Å²) in [5.41, 5.74) is 2.65. The van der Waals surface area contributed by atoms with Gasteiger partial charge in [0.2, 0.25) is 0 Å². The van der Waals surface area contributed by atoms with Gasteiger partial charge in [-0.1, -0.05) is 48.0 Å². The Bertz CT molecular complexity index is 1660. The van der Waals surface area contributed by atoms with Crippen molar-refractivity contribution in [2.75, 3.05) is 18.5 Å². The summed E-state index contributed by atoms with van der Waals surface area (Å²) in [6.07, 6.45) is 3.47. The first-order valence-electron chi connectivity index (χ1n) is 13.8. The first-order valence-corrected chi connectivity index (χ1v) is 13.8. The molecule has 3 N–H and O–H groups in total. The Morgan fingerprint density at radius 1 is 1.07 bits per heavy atom. The Labute approximate surface area is 246 Å². The van der Waals surface area contributed by atoms with Gasteiger partial charge in [-0.05, 0) is 37.6 Å². The minimum absolute atomic E-state index is 0.00506. The first-order chi connectivity index (χ1) is 20.9. The zero-order chi connectivity index (χ0) is 29.9. The van der Waals surface area contributed by atoms with Gasteiger partial charge < -0.3 is 29.4 Å². The highest BCUT2D eigenvalue weighted by atomic mass is 16.8. The maximum absolute atomic E-state index is 12.1. The van der Waals surface area contributed by atoms with Gasteiger partial charge in [0.05, 0.1) is 6.33 Å². The van der Waals surface area contributed by atoms with Gasteiger partial charge in [0.25, 0.3) is 0 Å². The molecule has 6 rings (SSSR count). The summed E-state index contributed by atoms with van der Waals surface area (Å²) in [5.74, 6) is -0.616. The predicted molar refractivity (Wildman–Crippen MR) is 155 cm³/mol. The van der Waals surface area contributed by atoms with Crippen LogP contribution in [0.4, 0.5) is 10.6 Å². The molecule has 0 bridgehead atoms. The number of hydrogen-bond acceptors (Lipinski definition) is 9. The topological polar surface area (TPSA) is 159 Å². The van der Waals surface area contributed by atoms with Crippen molar-refractivity contribution in [2.45, 2.75) is 44.7 Å². The number of urea groups is 1. The molecular formula is C30H30N6O7. The molecule has 13 nitrogen and oxygen atoms in total. The number of ether oxygens (including phenoxy) is 4. The van der Waals surface area contributed by atoms with Gasteiger partial charge in [-0.3, -0.25) is 9.88 Å². The molecule has 4 unspecified atom stereocenters. The number of fused-ring (bicyclic) bond motifs is 2. The maximum Gasteiger partial charge on any atom is 0.339 e. The lowest BCUT2D eigenvalue weighted by molar-refractivity contribution is -0.131. The molecular weight excluding hydrogens is 556 g/mol. The number of amides is 2. The molecule has 2 aliphatic rings. The molecule has 4 aromatic rings. The third-order valence-electron chi connectivity index (χ3n) is 7.08. The Kier molecular flexibility index (Phi) is 8.01. The lowest BCUT2D eigenvalue weighted by Crippen LogP contribution is -2.33. The van der Waals surface area contributed by atoms with E-state index in [9.17, 15) is 14.7 Å². The number of aromatic carboxylic acids is 1. The number of aromatic nitrogens is 4. The number of rotatable bonds is 9. The molecule has 0 aliphatic carbocycles. The van der Waals surface area contributed by atoms with Gasteiger partial charge in [-0.25, -0.2) is 24.5 Å². The number of imidazole rings is 1. The molecule has 2 amide bonds. The van der Waals surface area contributed by atoms with Crippen molar-refractivity contribution >= 4 is 35.1 Å². The fourth-order valence-corrected chi connectivity index (χ4v) is 5.11. The average Bonchev–Trinajstić information content (AvgIpc) is 3.70. The first kappa shape index (κ1) is 28.3. The summed E-state index contributed by atoms with van der Waals surface area (Å²) in [5, 5.41) is 15.0. The van der Waals surface area contributed by atoms with Crippen molar-refractivity contribution < 1.29 is 33.6 Å². The average molecular weight is 587 g/mol. The molecule has 0 spiro atoms. The van der Waals surface area contributed by atoms with Gasteiger partial charge in [-0.15, -0.1) is 0 Å². The second-order valence-corrected chi connectivity index (χ2v) is 10.1. The lowest BCUT2D eigenvalue weighted by atomic mass is 10.1. The van der Waals surface area contributed by atoms with Crippen LogP contribution in [-0.4, -0.2) is 74.4 Å². The lowest BCUT2D eigenvalue weighted by Gasteiger charge is -2.21. The van der Waals surface area contributed by atoms with Crippen LogP contribution in [0.15, 0.2) is 67.3 Å². The number of carboxylic acid groups (broad SMARTS) is 1. The Balaban J connectivity index is 1.28. The summed E-state index contributed by atoms with van der Waals surface area (Å²) in [6, 6.07) is 14.3. The number of anilines is 1. The van der Waals surface area contributed by atoms with Gasteiger partial charge >= 0.3 is 12.0 Å². The van der Waals surface area contributed by atoms with Gasteiger partial charge in [-0.2, -0.15) is 0 Å². The van der Waals surface area contributed by atoms with E-state index in [0.29, 0.717) is 17.7 Å². The van der Waals surface area contributed by atoms with Crippen molar-refractivity contribution in [3.8, 4) is 5.75 Å². The molecule has 0 radical (unpaired) electrons. The largest absolute Gasteiger partial charge is 0.490 e. The number of carbonyl (C=O) groups excluding carboxylic acids is 1. The van der Waals surface area contributed by atoms with Crippen molar-refractivity contribution in [2.24, 2.45) is 0 Å². The number of carbonyl (C=O) groups is 2. The Hall–Kier alpha value is -4.85. The third-order valence-corrected chi connectivity index (χ3v) is 7.08.